The molecular formula is C13H14F3N3O. The molecule has 7 heteroatoms. The van der Waals surface area contributed by atoms with Gasteiger partial charge in [0.15, 0.2) is 5.75 Å². The van der Waals surface area contributed by atoms with Gasteiger partial charge in [0.1, 0.15) is 5.75 Å². The van der Waals surface area contributed by atoms with Gasteiger partial charge >= 0.3 is 6.18 Å². The van der Waals surface area contributed by atoms with E-state index in [1.165, 1.54) is 18.3 Å². The van der Waals surface area contributed by atoms with Gasteiger partial charge in [-0.2, -0.15) is 18.3 Å². The second kappa shape index (κ2) is 5.96. The highest BCUT2D eigenvalue weighted by molar-refractivity contribution is 5.33. The molecule has 0 amide bonds. The molecule has 0 radical (unpaired) electrons. The van der Waals surface area contributed by atoms with Crippen LogP contribution in [0.15, 0.2) is 36.7 Å². The standard InChI is InChI=1S/C13H14F3N3O/c1-17-5-6-19-9-12(8-18-19)20-11-4-2-3-10(7-11)13(14,15)16/h2-4,7-9,17H,5-6H2,1H3. The highest BCUT2D eigenvalue weighted by atomic mass is 19.4. The SMILES string of the molecule is CNCCn1cc(Oc2cccc(C(F)(F)F)c2)cn1. The molecule has 2 rings (SSSR count). The smallest absolute Gasteiger partial charge is 0.416 e. The van der Waals surface area contributed by atoms with Crippen LogP contribution in [-0.2, 0) is 12.7 Å². The molecule has 1 aromatic heterocycles. The molecule has 0 saturated heterocycles. The lowest BCUT2D eigenvalue weighted by Crippen LogP contribution is -2.14. The van der Waals surface area contributed by atoms with Crippen molar-refractivity contribution in [1.82, 2.24) is 15.1 Å². The molecule has 1 heterocycles. The third-order valence-electron chi connectivity index (χ3n) is 2.60. The molecule has 0 aliphatic heterocycles. The van der Waals surface area contributed by atoms with E-state index in [0.29, 0.717) is 12.3 Å². The summed E-state index contributed by atoms with van der Waals surface area (Å²) in [6.07, 6.45) is -1.27. The Hall–Kier alpha value is -2.02. The van der Waals surface area contributed by atoms with Crippen LogP contribution in [0.1, 0.15) is 5.56 Å². The molecule has 1 aromatic carbocycles. The van der Waals surface area contributed by atoms with E-state index < -0.39 is 11.7 Å². The lowest BCUT2D eigenvalue weighted by molar-refractivity contribution is -0.137. The number of ether oxygens (including phenoxy) is 1. The Bertz CT molecular complexity index is 566. The summed E-state index contributed by atoms with van der Waals surface area (Å²) in [6.45, 7) is 1.40. The van der Waals surface area contributed by atoms with E-state index in [-0.39, 0.29) is 5.75 Å². The first kappa shape index (κ1) is 14.4. The Balaban J connectivity index is 2.08. The Morgan fingerprint density at radius 2 is 2.10 bits per heavy atom. The average Bonchev–Trinajstić information content (AvgIpc) is 2.83. The monoisotopic (exact) mass is 285 g/mol. The number of hydrogen-bond acceptors (Lipinski definition) is 3. The van der Waals surface area contributed by atoms with Crippen molar-refractivity contribution in [2.75, 3.05) is 13.6 Å². The van der Waals surface area contributed by atoms with E-state index in [0.717, 1.165) is 18.7 Å². The lowest BCUT2D eigenvalue weighted by atomic mass is 10.2. The van der Waals surface area contributed by atoms with Crippen LogP contribution < -0.4 is 10.1 Å². The van der Waals surface area contributed by atoms with Crippen molar-refractivity contribution in [2.24, 2.45) is 0 Å². The first-order valence-corrected chi connectivity index (χ1v) is 6.01. The van der Waals surface area contributed by atoms with Crippen LogP contribution in [0.3, 0.4) is 0 Å². The van der Waals surface area contributed by atoms with Crippen molar-refractivity contribution in [3.8, 4) is 11.5 Å². The topological polar surface area (TPSA) is 39.1 Å². The summed E-state index contributed by atoms with van der Waals surface area (Å²) < 4.78 is 44.7. The Labute approximate surface area is 114 Å². The number of nitrogens with zero attached hydrogens (tertiary/aromatic N) is 2. The summed E-state index contributed by atoms with van der Waals surface area (Å²) >= 11 is 0. The van der Waals surface area contributed by atoms with Gasteiger partial charge in [-0.15, -0.1) is 0 Å². The summed E-state index contributed by atoms with van der Waals surface area (Å²) in [5.74, 6) is 0.536. The minimum Gasteiger partial charge on any atom is -0.454 e. The van der Waals surface area contributed by atoms with E-state index >= 15 is 0 Å². The zero-order chi connectivity index (χ0) is 14.6. The molecule has 0 fully saturated rings. The van der Waals surface area contributed by atoms with Crippen LogP contribution in [0.2, 0.25) is 0 Å². The van der Waals surface area contributed by atoms with Crippen LogP contribution in [0, 0.1) is 0 Å². The quantitative estimate of drug-likeness (QED) is 0.918. The molecule has 4 nitrogen and oxygen atoms in total. The molecule has 0 bridgehead atoms. The molecule has 0 saturated carbocycles. The van der Waals surface area contributed by atoms with Crippen LogP contribution in [0.5, 0.6) is 11.5 Å². The first-order valence-electron chi connectivity index (χ1n) is 6.01. The fourth-order valence-electron chi connectivity index (χ4n) is 1.62. The molecule has 0 unspecified atom stereocenters. The normalized spacial score (nSPS) is 11.6. The summed E-state index contributed by atoms with van der Waals surface area (Å²) in [4.78, 5) is 0. The van der Waals surface area contributed by atoms with E-state index in [1.807, 2.05) is 7.05 Å². The van der Waals surface area contributed by atoms with Crippen molar-refractivity contribution >= 4 is 0 Å². The summed E-state index contributed by atoms with van der Waals surface area (Å²) in [6, 6.07) is 4.75. The number of rotatable bonds is 5. The lowest BCUT2D eigenvalue weighted by Gasteiger charge is -2.08. The van der Waals surface area contributed by atoms with Gasteiger partial charge in [-0.1, -0.05) is 6.07 Å². The maximum atomic E-state index is 12.6. The summed E-state index contributed by atoms with van der Waals surface area (Å²) in [5.41, 5.74) is -0.738. The molecule has 108 valence electrons. The molecule has 0 atom stereocenters. The molecule has 0 aliphatic rings. The maximum absolute atomic E-state index is 12.6. The molecule has 0 aliphatic carbocycles. The minimum atomic E-state index is -4.38. The summed E-state index contributed by atoms with van der Waals surface area (Å²) in [7, 11) is 1.82. The van der Waals surface area contributed by atoms with Gasteiger partial charge in [0, 0.05) is 6.54 Å². The van der Waals surface area contributed by atoms with Crippen molar-refractivity contribution in [2.45, 2.75) is 12.7 Å². The number of nitrogens with one attached hydrogen (secondary N) is 1. The summed E-state index contributed by atoms with van der Waals surface area (Å²) in [5, 5.41) is 7.02. The fourth-order valence-corrected chi connectivity index (χ4v) is 1.62. The minimum absolute atomic E-state index is 0.132. The van der Waals surface area contributed by atoms with Crippen LogP contribution in [-0.4, -0.2) is 23.4 Å². The molecule has 2 aromatic rings. The zero-order valence-corrected chi connectivity index (χ0v) is 10.8. The molecule has 1 N–H and O–H groups in total. The average molecular weight is 285 g/mol. The van der Waals surface area contributed by atoms with Gasteiger partial charge in [-0.05, 0) is 25.2 Å². The van der Waals surface area contributed by atoms with Crippen molar-refractivity contribution < 1.29 is 17.9 Å². The van der Waals surface area contributed by atoms with Crippen molar-refractivity contribution in [1.29, 1.82) is 0 Å². The highest BCUT2D eigenvalue weighted by Crippen LogP contribution is 2.32. The maximum Gasteiger partial charge on any atom is 0.416 e. The third-order valence-corrected chi connectivity index (χ3v) is 2.60. The van der Waals surface area contributed by atoms with Crippen LogP contribution in [0.4, 0.5) is 13.2 Å². The van der Waals surface area contributed by atoms with Gasteiger partial charge in [-0.3, -0.25) is 4.68 Å². The van der Waals surface area contributed by atoms with Crippen LogP contribution >= 0.6 is 0 Å². The largest absolute Gasteiger partial charge is 0.454 e. The van der Waals surface area contributed by atoms with E-state index in [1.54, 1.807) is 10.9 Å². The number of halogens is 3. The van der Waals surface area contributed by atoms with Gasteiger partial charge in [0.25, 0.3) is 0 Å². The zero-order valence-electron chi connectivity index (χ0n) is 10.8. The van der Waals surface area contributed by atoms with E-state index in [4.69, 9.17) is 4.74 Å². The third kappa shape index (κ3) is 3.74. The second-order valence-electron chi connectivity index (χ2n) is 4.17. The predicted octanol–water partition coefficient (Wildman–Crippen LogP) is 2.91. The van der Waals surface area contributed by atoms with E-state index in [2.05, 4.69) is 10.4 Å². The number of alkyl halides is 3. The van der Waals surface area contributed by atoms with Gasteiger partial charge in [0.2, 0.25) is 0 Å². The number of likely N-dealkylation sites (N-methyl/N-ethyl adjacent to an activating group) is 1. The number of aromatic nitrogens is 2. The van der Waals surface area contributed by atoms with Crippen LogP contribution in [0.25, 0.3) is 0 Å². The van der Waals surface area contributed by atoms with E-state index in [9.17, 15) is 13.2 Å². The first-order chi connectivity index (χ1) is 9.49. The highest BCUT2D eigenvalue weighted by Gasteiger charge is 2.30. The Morgan fingerprint density at radius 1 is 1.30 bits per heavy atom. The molecule has 20 heavy (non-hydrogen) atoms. The van der Waals surface area contributed by atoms with Crippen molar-refractivity contribution in [3.05, 3.63) is 42.2 Å². The van der Waals surface area contributed by atoms with Gasteiger partial charge in [0.05, 0.1) is 24.5 Å². The van der Waals surface area contributed by atoms with Gasteiger partial charge < -0.3 is 10.1 Å². The Kier molecular flexibility index (Phi) is 4.29. The fraction of sp³-hybridized carbons (Fsp3) is 0.308. The molecular weight excluding hydrogens is 271 g/mol. The number of benzene rings is 1. The molecule has 0 spiro atoms. The van der Waals surface area contributed by atoms with Crippen molar-refractivity contribution in [3.63, 3.8) is 0 Å². The number of hydrogen-bond donors (Lipinski definition) is 1. The predicted molar refractivity (Wildman–Crippen MR) is 67.7 cm³/mol. The second-order valence-corrected chi connectivity index (χ2v) is 4.17. The van der Waals surface area contributed by atoms with Gasteiger partial charge in [-0.25, -0.2) is 0 Å². The Morgan fingerprint density at radius 3 is 2.80 bits per heavy atom.